The molecule has 10 nitrogen and oxygen atoms in total. The van der Waals surface area contributed by atoms with Crippen LogP contribution in [-0.4, -0.2) is 63.6 Å². The molecule has 0 unspecified atom stereocenters. The van der Waals surface area contributed by atoms with Gasteiger partial charge in [0.2, 0.25) is 11.0 Å². The van der Waals surface area contributed by atoms with E-state index in [0.717, 1.165) is 64.0 Å². The van der Waals surface area contributed by atoms with Crippen molar-refractivity contribution in [3.63, 3.8) is 0 Å². The Morgan fingerprint density at radius 3 is 2.45 bits per heavy atom. The van der Waals surface area contributed by atoms with E-state index in [1.54, 1.807) is 32.3 Å². The van der Waals surface area contributed by atoms with E-state index in [9.17, 15) is 4.79 Å². The fourth-order valence-electron chi connectivity index (χ4n) is 4.59. The van der Waals surface area contributed by atoms with Crippen molar-refractivity contribution in [3.05, 3.63) is 29.2 Å². The maximum absolute atomic E-state index is 12.4. The van der Waals surface area contributed by atoms with Crippen molar-refractivity contribution in [2.75, 3.05) is 52.5 Å². The minimum Gasteiger partial charge on any atom is -0.588 e. The highest BCUT2D eigenvalue weighted by Crippen LogP contribution is 2.40. The highest BCUT2D eigenvalue weighted by atomic mass is 16.5. The van der Waals surface area contributed by atoms with Crippen LogP contribution in [0, 0.1) is 5.92 Å². The second-order valence-corrected chi connectivity index (χ2v) is 8.47. The van der Waals surface area contributed by atoms with Gasteiger partial charge >= 0.3 is 0 Å². The number of ether oxygens (including phenoxy) is 3. The summed E-state index contributed by atoms with van der Waals surface area (Å²) >= 11 is 0. The lowest BCUT2D eigenvalue weighted by Crippen LogP contribution is -2.65. The molecule has 0 N–H and O–H groups in total. The maximum Gasteiger partial charge on any atom is 0.257 e. The van der Waals surface area contributed by atoms with Crippen molar-refractivity contribution >= 4 is 11.8 Å². The van der Waals surface area contributed by atoms with Gasteiger partial charge in [0.15, 0.2) is 11.5 Å². The van der Waals surface area contributed by atoms with E-state index in [0.29, 0.717) is 17.2 Å². The van der Waals surface area contributed by atoms with Gasteiger partial charge in [-0.25, -0.2) is 0 Å². The standard InChI is InChI=1S/C23H33N5O5/c1-30-19-10-9-18(21(31-2)22(19)32-3)15-26-11-13-27(14-12-26)28-16-20(33-25-28)24-23(29)17-7-5-4-6-8-17/h9-10,16-17H,4-8,11-15H2,1-3H3. The van der Waals surface area contributed by atoms with E-state index in [4.69, 9.17) is 18.7 Å². The van der Waals surface area contributed by atoms with Gasteiger partial charge in [0.25, 0.3) is 6.20 Å². The van der Waals surface area contributed by atoms with Crippen molar-refractivity contribution in [2.24, 2.45) is 5.92 Å². The first-order valence-electron chi connectivity index (χ1n) is 11.5. The summed E-state index contributed by atoms with van der Waals surface area (Å²) in [5, 5.41) is 10.3. The van der Waals surface area contributed by atoms with Crippen LogP contribution >= 0.6 is 0 Å². The third-order valence-electron chi connectivity index (χ3n) is 6.44. The summed E-state index contributed by atoms with van der Waals surface area (Å²) in [5.74, 6) is 2.14. The number of piperazine rings is 1. The van der Waals surface area contributed by atoms with Crippen molar-refractivity contribution in [3.8, 4) is 17.2 Å². The summed E-state index contributed by atoms with van der Waals surface area (Å²) < 4.78 is 21.8. The molecule has 0 spiro atoms. The number of carbonyl (C=O) groups is 1. The normalized spacial score (nSPS) is 17.6. The molecule has 2 aliphatic rings. The minimum atomic E-state index is -0.0910. The summed E-state index contributed by atoms with van der Waals surface area (Å²) in [7, 11) is 4.87. The van der Waals surface area contributed by atoms with Gasteiger partial charge in [0.05, 0.1) is 45.1 Å². The Hall–Kier alpha value is -3.01. The van der Waals surface area contributed by atoms with Crippen LogP contribution in [0.1, 0.15) is 37.7 Å². The third-order valence-corrected chi connectivity index (χ3v) is 6.44. The molecule has 10 heteroatoms. The number of hydrogen-bond donors (Lipinski definition) is 0. The molecular formula is C23H33N5O5. The van der Waals surface area contributed by atoms with Gasteiger partial charge in [-0.05, 0) is 18.9 Å². The predicted molar refractivity (Wildman–Crippen MR) is 121 cm³/mol. The SMILES string of the molecule is COc1ccc(CN2CCN([n+]3cc([N-]C(=O)C4CCCCC4)on3)CC2)c(OC)c1OC. The predicted octanol–water partition coefficient (Wildman–Crippen LogP) is 2.55. The van der Waals surface area contributed by atoms with Gasteiger partial charge < -0.3 is 28.8 Å². The fraction of sp³-hybridized carbons (Fsp3) is 0.609. The molecule has 1 amide bonds. The van der Waals surface area contributed by atoms with Crippen LogP contribution < -0.4 is 24.0 Å². The lowest BCUT2D eigenvalue weighted by molar-refractivity contribution is -0.759. The van der Waals surface area contributed by atoms with Crippen LogP contribution in [0.4, 0.5) is 5.88 Å². The van der Waals surface area contributed by atoms with Gasteiger partial charge in [0.1, 0.15) is 5.88 Å². The lowest BCUT2D eigenvalue weighted by Gasteiger charge is -2.30. The molecule has 33 heavy (non-hydrogen) atoms. The Morgan fingerprint density at radius 2 is 1.79 bits per heavy atom. The van der Waals surface area contributed by atoms with Crippen molar-refractivity contribution < 1.29 is 28.3 Å². The summed E-state index contributed by atoms with van der Waals surface area (Å²) in [5.41, 5.74) is 1.04. The van der Waals surface area contributed by atoms with E-state index in [-0.39, 0.29) is 17.7 Å². The van der Waals surface area contributed by atoms with E-state index >= 15 is 0 Å². The number of amides is 1. The van der Waals surface area contributed by atoms with Gasteiger partial charge in [-0.15, -0.1) is 0 Å². The van der Waals surface area contributed by atoms with Crippen LogP contribution in [0.15, 0.2) is 22.9 Å². The lowest BCUT2D eigenvalue weighted by atomic mass is 9.89. The molecule has 1 aromatic heterocycles. The van der Waals surface area contributed by atoms with Crippen LogP contribution in [0.5, 0.6) is 17.2 Å². The first-order chi connectivity index (χ1) is 16.1. The number of benzene rings is 1. The van der Waals surface area contributed by atoms with Gasteiger partial charge in [-0.2, -0.15) is 5.01 Å². The molecule has 0 bridgehead atoms. The van der Waals surface area contributed by atoms with Crippen LogP contribution in [-0.2, 0) is 11.3 Å². The zero-order valence-corrected chi connectivity index (χ0v) is 19.7. The largest absolute Gasteiger partial charge is 0.588 e. The number of nitrogens with zero attached hydrogens (tertiary/aromatic N) is 5. The Kier molecular flexibility index (Phi) is 7.54. The number of aromatic nitrogens is 2. The molecule has 0 atom stereocenters. The molecule has 1 saturated heterocycles. The first-order valence-corrected chi connectivity index (χ1v) is 11.5. The molecule has 1 aliphatic heterocycles. The average molecular weight is 460 g/mol. The Morgan fingerprint density at radius 1 is 1.06 bits per heavy atom. The summed E-state index contributed by atoms with van der Waals surface area (Å²) in [4.78, 5) is 16.4. The molecule has 1 aliphatic carbocycles. The van der Waals surface area contributed by atoms with Crippen LogP contribution in [0.2, 0.25) is 0 Å². The number of methoxy groups -OCH3 is 3. The van der Waals surface area contributed by atoms with Crippen LogP contribution in [0.3, 0.4) is 0 Å². The second kappa shape index (κ2) is 10.7. The molecule has 2 aromatic rings. The number of hydrogen-bond acceptors (Lipinski definition) is 8. The fourth-order valence-corrected chi connectivity index (χ4v) is 4.59. The van der Waals surface area contributed by atoms with Gasteiger partial charge in [-0.3, -0.25) is 4.90 Å². The number of rotatable bonds is 8. The third kappa shape index (κ3) is 5.32. The van der Waals surface area contributed by atoms with E-state index in [1.165, 1.54) is 6.42 Å². The van der Waals surface area contributed by atoms with Crippen molar-refractivity contribution in [1.82, 2.24) is 10.2 Å². The highest BCUT2D eigenvalue weighted by Gasteiger charge is 2.26. The van der Waals surface area contributed by atoms with E-state index < -0.39 is 0 Å². The zero-order valence-electron chi connectivity index (χ0n) is 19.7. The van der Waals surface area contributed by atoms with E-state index in [1.807, 2.05) is 12.1 Å². The monoisotopic (exact) mass is 459 g/mol. The molecule has 1 aromatic carbocycles. The second-order valence-electron chi connectivity index (χ2n) is 8.47. The minimum absolute atomic E-state index is 0.0226. The molecule has 180 valence electrons. The Balaban J connectivity index is 1.32. The summed E-state index contributed by atoms with van der Waals surface area (Å²) in [6, 6.07) is 3.91. The molecule has 1 saturated carbocycles. The summed E-state index contributed by atoms with van der Waals surface area (Å²) in [6.45, 7) is 3.94. The van der Waals surface area contributed by atoms with Gasteiger partial charge in [0, 0.05) is 31.1 Å². The molecule has 2 fully saturated rings. The number of carbonyl (C=O) groups excluding carboxylic acids is 1. The van der Waals surface area contributed by atoms with E-state index in [2.05, 4.69) is 20.5 Å². The smallest absolute Gasteiger partial charge is 0.257 e. The topological polar surface area (TPSA) is 95.2 Å². The molecular weight excluding hydrogens is 426 g/mol. The Bertz CT molecular complexity index is 935. The Labute approximate surface area is 194 Å². The van der Waals surface area contributed by atoms with Crippen molar-refractivity contribution in [1.29, 1.82) is 0 Å². The first kappa shape index (κ1) is 23.2. The quantitative estimate of drug-likeness (QED) is 0.556. The zero-order chi connectivity index (χ0) is 23.2. The van der Waals surface area contributed by atoms with Crippen LogP contribution in [0.25, 0.3) is 5.32 Å². The van der Waals surface area contributed by atoms with Crippen molar-refractivity contribution in [2.45, 2.75) is 38.6 Å². The molecule has 2 heterocycles. The highest BCUT2D eigenvalue weighted by molar-refractivity contribution is 5.96. The molecule has 4 rings (SSSR count). The molecule has 0 radical (unpaired) electrons. The summed E-state index contributed by atoms with van der Waals surface area (Å²) in [6.07, 6.45) is 6.93. The van der Waals surface area contributed by atoms with Gasteiger partial charge in [-0.1, -0.05) is 25.3 Å². The average Bonchev–Trinajstić information content (AvgIpc) is 3.33. The maximum atomic E-state index is 12.4.